The molecule has 2 aliphatic rings. The van der Waals surface area contributed by atoms with Crippen molar-refractivity contribution in [1.82, 2.24) is 10.2 Å². The molecule has 2 amide bonds. The summed E-state index contributed by atoms with van der Waals surface area (Å²) in [7, 11) is 0. The van der Waals surface area contributed by atoms with E-state index in [1.165, 1.54) is 6.92 Å². The number of aliphatic carboxylic acids is 2. The Hall–Kier alpha value is -1.92. The van der Waals surface area contributed by atoms with Gasteiger partial charge in [0.15, 0.2) is 5.70 Å². The van der Waals surface area contributed by atoms with Gasteiger partial charge in [0.1, 0.15) is 17.0 Å². The molecule has 2 rings (SSSR count). The lowest BCUT2D eigenvalue weighted by Gasteiger charge is -2.43. The van der Waals surface area contributed by atoms with Gasteiger partial charge >= 0.3 is 18.0 Å². The largest absolute Gasteiger partial charge is 0.480 e. The molecule has 2 heterocycles. The Morgan fingerprint density at radius 3 is 2.39 bits per heavy atom. The number of carboxylic acid groups (broad SMARTS) is 2. The second kappa shape index (κ2) is 8.21. The van der Waals surface area contributed by atoms with Crippen LogP contribution in [0.25, 0.3) is 0 Å². The van der Waals surface area contributed by atoms with Crippen molar-refractivity contribution in [2.75, 3.05) is 5.75 Å². The van der Waals surface area contributed by atoms with Crippen molar-refractivity contribution >= 4 is 47.5 Å². The number of thioether (sulfide) groups is 2. The highest BCUT2D eigenvalue weighted by Gasteiger charge is 2.57. The minimum Gasteiger partial charge on any atom is -0.480 e. The van der Waals surface area contributed by atoms with Crippen molar-refractivity contribution in [2.24, 2.45) is 5.92 Å². The molecule has 0 saturated carbocycles. The van der Waals surface area contributed by atoms with Crippen LogP contribution in [0.15, 0.2) is 9.93 Å². The molecule has 0 aliphatic carbocycles. The van der Waals surface area contributed by atoms with Gasteiger partial charge in [-0.15, -0.1) is 11.8 Å². The molecule has 28 heavy (non-hydrogen) atoms. The zero-order chi connectivity index (χ0) is 21.4. The van der Waals surface area contributed by atoms with Gasteiger partial charge in [-0.05, 0) is 27.7 Å². The van der Waals surface area contributed by atoms with E-state index in [2.05, 4.69) is 5.32 Å². The van der Waals surface area contributed by atoms with Crippen molar-refractivity contribution in [2.45, 2.75) is 50.8 Å². The zero-order valence-corrected chi connectivity index (χ0v) is 17.3. The van der Waals surface area contributed by atoms with E-state index in [1.807, 2.05) is 0 Å². The fourth-order valence-electron chi connectivity index (χ4n) is 2.63. The van der Waals surface area contributed by atoms with Gasteiger partial charge in [0.05, 0.1) is 16.3 Å². The molecular formula is C16H22N2O8S2. The summed E-state index contributed by atoms with van der Waals surface area (Å²) in [6.07, 6.45) is -1.83. The van der Waals surface area contributed by atoms with Crippen LogP contribution in [0.3, 0.4) is 0 Å². The molecule has 0 aromatic carbocycles. The van der Waals surface area contributed by atoms with Crippen molar-refractivity contribution in [3.63, 3.8) is 0 Å². The van der Waals surface area contributed by atoms with Gasteiger partial charge in [0.25, 0.3) is 0 Å². The van der Waals surface area contributed by atoms with Gasteiger partial charge in [-0.1, -0.05) is 11.8 Å². The lowest BCUT2D eigenvalue weighted by atomic mass is 9.92. The van der Waals surface area contributed by atoms with Crippen LogP contribution in [0.1, 0.15) is 27.7 Å². The minimum atomic E-state index is -1.32. The van der Waals surface area contributed by atoms with E-state index in [4.69, 9.17) is 4.74 Å². The van der Waals surface area contributed by atoms with Gasteiger partial charge in [0, 0.05) is 5.75 Å². The van der Waals surface area contributed by atoms with Crippen molar-refractivity contribution < 1.29 is 39.2 Å². The average molecular weight is 434 g/mol. The maximum absolute atomic E-state index is 12.1. The van der Waals surface area contributed by atoms with E-state index in [0.717, 1.165) is 28.4 Å². The number of β-lactam (4-membered cyclic amide) rings is 1. The van der Waals surface area contributed by atoms with E-state index in [9.17, 15) is 34.5 Å². The summed E-state index contributed by atoms with van der Waals surface area (Å²) in [4.78, 5) is 48.1. The topological polar surface area (TPSA) is 153 Å². The summed E-state index contributed by atoms with van der Waals surface area (Å²) >= 11 is 2.00. The van der Waals surface area contributed by atoms with Gasteiger partial charge in [-0.25, -0.2) is 14.4 Å². The highest BCUT2D eigenvalue weighted by Crippen LogP contribution is 2.53. The number of carbonyl (C=O) groups is 4. The van der Waals surface area contributed by atoms with E-state index in [0.29, 0.717) is 0 Å². The molecule has 4 N–H and O–H groups in total. The third-order valence-corrected chi connectivity index (χ3v) is 6.59. The number of amides is 2. The Morgan fingerprint density at radius 1 is 1.32 bits per heavy atom. The third kappa shape index (κ3) is 4.73. The molecule has 12 heteroatoms. The highest BCUT2D eigenvalue weighted by atomic mass is 32.2. The molecule has 156 valence electrons. The minimum absolute atomic E-state index is 0.165. The molecular weight excluding hydrogens is 412 g/mol. The van der Waals surface area contributed by atoms with E-state index in [1.54, 1.807) is 20.8 Å². The Morgan fingerprint density at radius 2 is 1.93 bits per heavy atom. The second-order valence-electron chi connectivity index (χ2n) is 7.27. The number of nitrogens with one attached hydrogen (secondary N) is 1. The number of ether oxygens (including phenoxy) is 1. The SMILES string of the molecule is CC(O)[C@H]1C(=O)N2C(C(=O)O)=C(SC[C@@H](NC(=O)OC(C)(C)C)C(=O)O)S[C@H]12. The number of hydrogen-bond donors (Lipinski definition) is 4. The number of rotatable bonds is 7. The number of carboxylic acids is 2. The maximum atomic E-state index is 12.1. The first kappa shape index (κ1) is 22.4. The van der Waals surface area contributed by atoms with E-state index in [-0.39, 0.29) is 15.7 Å². The summed E-state index contributed by atoms with van der Waals surface area (Å²) in [6, 6.07) is -1.32. The highest BCUT2D eigenvalue weighted by molar-refractivity contribution is 8.22. The molecule has 0 radical (unpaired) electrons. The summed E-state index contributed by atoms with van der Waals surface area (Å²) in [6.45, 7) is 6.36. The number of fused-ring (bicyclic) bond motifs is 1. The average Bonchev–Trinajstić information content (AvgIpc) is 2.83. The van der Waals surface area contributed by atoms with Crippen molar-refractivity contribution in [1.29, 1.82) is 0 Å². The van der Waals surface area contributed by atoms with Crippen LogP contribution in [0.5, 0.6) is 0 Å². The summed E-state index contributed by atoms with van der Waals surface area (Å²) < 4.78 is 5.29. The number of nitrogens with zero attached hydrogens (tertiary/aromatic N) is 1. The molecule has 1 saturated heterocycles. The quantitative estimate of drug-likeness (QED) is 0.424. The molecule has 0 aromatic rings. The molecule has 1 fully saturated rings. The van der Waals surface area contributed by atoms with E-state index < -0.39 is 53.0 Å². The van der Waals surface area contributed by atoms with Crippen LogP contribution in [-0.4, -0.2) is 73.0 Å². The number of aliphatic hydroxyl groups is 1. The van der Waals surface area contributed by atoms with Crippen LogP contribution in [0, 0.1) is 5.92 Å². The number of carbonyl (C=O) groups excluding carboxylic acids is 2. The van der Waals surface area contributed by atoms with Crippen LogP contribution in [0.4, 0.5) is 4.79 Å². The summed E-state index contributed by atoms with van der Waals surface area (Å²) in [5.41, 5.74) is -1.04. The predicted octanol–water partition coefficient (Wildman–Crippen LogP) is 0.863. The maximum Gasteiger partial charge on any atom is 0.408 e. The molecule has 0 bridgehead atoms. The van der Waals surface area contributed by atoms with Gasteiger partial charge in [0.2, 0.25) is 5.91 Å². The van der Waals surface area contributed by atoms with Crippen molar-refractivity contribution in [3.8, 4) is 0 Å². The molecule has 10 nitrogen and oxygen atoms in total. The number of hydrogen-bond acceptors (Lipinski definition) is 8. The molecule has 1 unspecified atom stereocenters. The second-order valence-corrected chi connectivity index (χ2v) is 9.69. The van der Waals surface area contributed by atoms with Crippen LogP contribution in [-0.2, 0) is 19.1 Å². The van der Waals surface area contributed by atoms with Crippen molar-refractivity contribution in [3.05, 3.63) is 9.93 Å². The fraction of sp³-hybridized carbons (Fsp3) is 0.625. The molecule has 0 spiro atoms. The Bertz CT molecular complexity index is 731. The monoisotopic (exact) mass is 434 g/mol. The Balaban J connectivity index is 2.08. The van der Waals surface area contributed by atoms with Gasteiger partial charge in [-0.2, -0.15) is 0 Å². The Kier molecular flexibility index (Phi) is 6.56. The third-order valence-electron chi connectivity index (χ3n) is 3.84. The molecule has 0 aromatic heterocycles. The fourth-order valence-corrected chi connectivity index (χ4v) is 5.59. The van der Waals surface area contributed by atoms with Gasteiger partial charge < -0.3 is 25.4 Å². The van der Waals surface area contributed by atoms with Gasteiger partial charge in [-0.3, -0.25) is 9.69 Å². The smallest absolute Gasteiger partial charge is 0.408 e. The van der Waals surface area contributed by atoms with E-state index >= 15 is 0 Å². The first-order chi connectivity index (χ1) is 12.8. The summed E-state index contributed by atoms with van der Waals surface area (Å²) in [5.74, 6) is -3.99. The van der Waals surface area contributed by atoms with Crippen LogP contribution in [0.2, 0.25) is 0 Å². The number of alkyl carbamates (subject to hydrolysis) is 1. The summed E-state index contributed by atoms with van der Waals surface area (Å²) in [5, 5.41) is 30.2. The molecule has 4 atom stereocenters. The first-order valence-corrected chi connectivity index (χ1v) is 10.2. The molecule has 2 aliphatic heterocycles. The Labute approximate surface area is 169 Å². The zero-order valence-electron chi connectivity index (χ0n) is 15.7. The lowest BCUT2D eigenvalue weighted by molar-refractivity contribution is -0.156. The lowest BCUT2D eigenvalue weighted by Crippen LogP contribution is -2.60. The normalized spacial score (nSPS) is 23.6. The van der Waals surface area contributed by atoms with Crippen LogP contribution >= 0.6 is 23.5 Å². The standard InChI is InChI=1S/C16H22N2O8S2/c1-6(19)8-10(20)18-9(13(23)24)14(28-11(8)18)27-5-7(12(21)22)17-15(25)26-16(2,3)4/h6-8,11,19H,5H2,1-4H3,(H,17,25)(H,21,22)(H,23,24)/t6?,7-,8+,11-/m1/s1. The predicted molar refractivity (Wildman–Crippen MR) is 101 cm³/mol. The van der Waals surface area contributed by atoms with Crippen LogP contribution < -0.4 is 5.32 Å². The number of aliphatic hydroxyl groups excluding tert-OH is 1. The first-order valence-electron chi connectivity index (χ1n) is 8.34.